The molecule has 1 aromatic carbocycles. The normalized spacial score (nSPS) is 23.8. The third-order valence-electron chi connectivity index (χ3n) is 4.60. The third kappa shape index (κ3) is 4.47. The maximum Gasteiger partial charge on any atom is 0.120 e. The van der Waals surface area contributed by atoms with E-state index in [2.05, 4.69) is 71.1 Å². The van der Waals surface area contributed by atoms with E-state index >= 15 is 0 Å². The highest BCUT2D eigenvalue weighted by Crippen LogP contribution is 2.30. The Morgan fingerprint density at radius 2 is 1.81 bits per heavy atom. The molecule has 21 heavy (non-hydrogen) atoms. The summed E-state index contributed by atoms with van der Waals surface area (Å²) in [4.78, 5) is 0. The van der Waals surface area contributed by atoms with Gasteiger partial charge in [-0.25, -0.2) is 0 Å². The highest BCUT2D eigenvalue weighted by Gasteiger charge is 2.32. The number of nitrogens with one attached hydrogen (secondary N) is 1. The summed E-state index contributed by atoms with van der Waals surface area (Å²) in [7, 11) is 0. The number of hydrogen-bond donors (Lipinski definition) is 1. The fourth-order valence-electron chi connectivity index (χ4n) is 2.59. The largest absolute Gasteiger partial charge is 0.490 e. The maximum atomic E-state index is 6.12. The fraction of sp³-hybridized carbons (Fsp3) is 0.684. The lowest BCUT2D eigenvalue weighted by molar-refractivity contribution is 0.0773. The van der Waals surface area contributed by atoms with Crippen molar-refractivity contribution >= 4 is 0 Å². The first-order chi connectivity index (χ1) is 9.75. The molecule has 2 nitrogen and oxygen atoms in total. The van der Waals surface area contributed by atoms with Gasteiger partial charge in [-0.05, 0) is 48.8 Å². The van der Waals surface area contributed by atoms with Gasteiger partial charge in [0.25, 0.3) is 0 Å². The molecule has 2 rings (SSSR count). The van der Waals surface area contributed by atoms with Crippen molar-refractivity contribution < 1.29 is 4.74 Å². The monoisotopic (exact) mass is 289 g/mol. The van der Waals surface area contributed by atoms with Crippen LogP contribution in [0.2, 0.25) is 0 Å². The third-order valence-corrected chi connectivity index (χ3v) is 4.60. The molecule has 1 aromatic rings. The van der Waals surface area contributed by atoms with Crippen molar-refractivity contribution in [2.24, 2.45) is 5.92 Å². The van der Waals surface area contributed by atoms with Gasteiger partial charge in [-0.3, -0.25) is 0 Å². The summed E-state index contributed by atoms with van der Waals surface area (Å²) in [6.07, 6.45) is 2.62. The van der Waals surface area contributed by atoms with Gasteiger partial charge in [-0.15, -0.1) is 0 Å². The van der Waals surface area contributed by atoms with Crippen LogP contribution in [0.15, 0.2) is 24.3 Å². The van der Waals surface area contributed by atoms with Gasteiger partial charge in [0.15, 0.2) is 0 Å². The number of rotatable bonds is 5. The molecule has 0 unspecified atom stereocenters. The average molecular weight is 289 g/mol. The fourth-order valence-corrected chi connectivity index (χ4v) is 2.59. The van der Waals surface area contributed by atoms with Crippen LogP contribution in [-0.4, -0.2) is 18.2 Å². The van der Waals surface area contributed by atoms with Crippen molar-refractivity contribution in [3.63, 3.8) is 0 Å². The van der Waals surface area contributed by atoms with Crippen molar-refractivity contribution in [2.75, 3.05) is 0 Å². The second-order valence-electron chi connectivity index (χ2n) is 7.89. The first kappa shape index (κ1) is 16.4. The molecule has 118 valence electrons. The lowest BCUT2D eigenvalue weighted by Gasteiger charge is -2.38. The predicted molar refractivity (Wildman–Crippen MR) is 90.0 cm³/mol. The highest BCUT2D eigenvalue weighted by molar-refractivity contribution is 5.32. The zero-order valence-electron chi connectivity index (χ0n) is 14.4. The van der Waals surface area contributed by atoms with Crippen molar-refractivity contribution in [1.29, 1.82) is 0 Å². The van der Waals surface area contributed by atoms with Crippen LogP contribution in [0.25, 0.3) is 0 Å². The zero-order chi connectivity index (χ0) is 15.6. The van der Waals surface area contributed by atoms with Gasteiger partial charge < -0.3 is 10.1 Å². The van der Waals surface area contributed by atoms with Gasteiger partial charge in [0.2, 0.25) is 0 Å². The molecule has 1 aliphatic rings. The Morgan fingerprint density at radius 1 is 1.14 bits per heavy atom. The second-order valence-corrected chi connectivity index (χ2v) is 7.89. The molecule has 2 heteroatoms. The van der Waals surface area contributed by atoms with Crippen molar-refractivity contribution in [3.05, 3.63) is 29.8 Å². The van der Waals surface area contributed by atoms with E-state index in [0.717, 1.165) is 18.6 Å². The summed E-state index contributed by atoms with van der Waals surface area (Å²) < 4.78 is 6.12. The van der Waals surface area contributed by atoms with E-state index in [1.54, 1.807) is 0 Å². The SMILES string of the molecule is CC(C)[C@H](C)N[C@H]1C[C@@H](Oc2cccc(C(C)(C)C)c2)C1. The molecule has 1 saturated carbocycles. The Hall–Kier alpha value is -1.02. The highest BCUT2D eigenvalue weighted by atomic mass is 16.5. The minimum atomic E-state index is 0.176. The van der Waals surface area contributed by atoms with Crippen LogP contribution in [-0.2, 0) is 5.41 Å². The summed E-state index contributed by atoms with van der Waals surface area (Å²) in [5.41, 5.74) is 1.51. The Kier molecular flexibility index (Phi) is 4.98. The summed E-state index contributed by atoms with van der Waals surface area (Å²) in [6, 6.07) is 9.76. The van der Waals surface area contributed by atoms with Gasteiger partial charge in [0, 0.05) is 12.1 Å². The van der Waals surface area contributed by atoms with Gasteiger partial charge >= 0.3 is 0 Å². The predicted octanol–water partition coefficient (Wildman–Crippen LogP) is 4.53. The summed E-state index contributed by atoms with van der Waals surface area (Å²) in [5.74, 6) is 1.70. The molecule has 1 atom stereocenters. The number of hydrogen-bond acceptors (Lipinski definition) is 2. The van der Waals surface area contributed by atoms with Crippen molar-refractivity contribution in [2.45, 2.75) is 78.0 Å². The zero-order valence-corrected chi connectivity index (χ0v) is 14.4. The molecule has 0 aromatic heterocycles. The van der Waals surface area contributed by atoms with E-state index in [0.29, 0.717) is 24.1 Å². The van der Waals surface area contributed by atoms with E-state index in [9.17, 15) is 0 Å². The van der Waals surface area contributed by atoms with Crippen molar-refractivity contribution in [1.82, 2.24) is 5.32 Å². The molecule has 0 saturated heterocycles. The molecular weight excluding hydrogens is 258 g/mol. The summed E-state index contributed by atoms with van der Waals surface area (Å²) in [6.45, 7) is 13.5. The Morgan fingerprint density at radius 3 is 2.38 bits per heavy atom. The minimum absolute atomic E-state index is 0.176. The van der Waals surface area contributed by atoms with E-state index in [1.807, 2.05) is 0 Å². The van der Waals surface area contributed by atoms with E-state index in [-0.39, 0.29) is 5.41 Å². The first-order valence-corrected chi connectivity index (χ1v) is 8.29. The van der Waals surface area contributed by atoms with Crippen LogP contribution in [0, 0.1) is 5.92 Å². The molecule has 0 heterocycles. The number of ether oxygens (including phenoxy) is 1. The van der Waals surface area contributed by atoms with Gasteiger partial charge in [0.05, 0.1) is 0 Å². The molecule has 1 aliphatic carbocycles. The van der Waals surface area contributed by atoms with Crippen LogP contribution in [0.5, 0.6) is 5.75 Å². The lowest BCUT2D eigenvalue weighted by atomic mass is 9.86. The molecular formula is C19H31NO. The first-order valence-electron chi connectivity index (χ1n) is 8.29. The molecule has 0 radical (unpaired) electrons. The minimum Gasteiger partial charge on any atom is -0.490 e. The van der Waals surface area contributed by atoms with Gasteiger partial charge in [-0.1, -0.05) is 46.8 Å². The summed E-state index contributed by atoms with van der Waals surface area (Å²) >= 11 is 0. The van der Waals surface area contributed by atoms with Crippen molar-refractivity contribution in [3.8, 4) is 5.75 Å². The Bertz CT molecular complexity index is 455. The molecule has 0 bridgehead atoms. The molecule has 0 amide bonds. The maximum absolute atomic E-state index is 6.12. The molecule has 1 N–H and O–H groups in total. The van der Waals surface area contributed by atoms with Crippen LogP contribution in [0.4, 0.5) is 0 Å². The Balaban J connectivity index is 1.83. The number of benzene rings is 1. The smallest absolute Gasteiger partial charge is 0.120 e. The van der Waals surface area contributed by atoms with Crippen LogP contribution < -0.4 is 10.1 Å². The second kappa shape index (κ2) is 6.39. The van der Waals surface area contributed by atoms with Crippen LogP contribution >= 0.6 is 0 Å². The standard InChI is InChI=1S/C19H31NO/c1-13(2)14(3)20-16-11-18(12-16)21-17-9-7-8-15(10-17)19(4,5)6/h7-10,13-14,16,18,20H,11-12H2,1-6H3/t14-,16-,18+/m0/s1. The van der Waals surface area contributed by atoms with Gasteiger partial charge in [0.1, 0.15) is 11.9 Å². The summed E-state index contributed by atoms with van der Waals surface area (Å²) in [5, 5.41) is 3.69. The van der Waals surface area contributed by atoms with E-state index < -0.39 is 0 Å². The molecule has 1 fully saturated rings. The molecule has 0 aliphatic heterocycles. The van der Waals surface area contributed by atoms with Crippen LogP contribution in [0.1, 0.15) is 59.9 Å². The van der Waals surface area contributed by atoms with E-state index in [4.69, 9.17) is 4.74 Å². The quantitative estimate of drug-likeness (QED) is 0.860. The topological polar surface area (TPSA) is 21.3 Å². The van der Waals surface area contributed by atoms with Crippen LogP contribution in [0.3, 0.4) is 0 Å². The lowest BCUT2D eigenvalue weighted by Crippen LogP contribution is -2.50. The van der Waals surface area contributed by atoms with E-state index in [1.165, 1.54) is 5.56 Å². The molecule has 0 spiro atoms. The average Bonchev–Trinajstić information content (AvgIpc) is 2.35. The van der Waals surface area contributed by atoms with Gasteiger partial charge in [-0.2, -0.15) is 0 Å². The Labute approximate surface area is 130 Å².